The van der Waals surface area contributed by atoms with Crippen LogP contribution in [0, 0.1) is 0 Å². The van der Waals surface area contributed by atoms with Crippen LogP contribution in [-0.4, -0.2) is 72.5 Å². The van der Waals surface area contributed by atoms with E-state index >= 15 is 0 Å². The third-order valence-corrected chi connectivity index (χ3v) is 3.58. The molecule has 0 saturated heterocycles. The molecule has 27 heavy (non-hydrogen) atoms. The smallest absolute Gasteiger partial charge is 0.323 e. The van der Waals surface area contributed by atoms with Crippen molar-refractivity contribution in [3.8, 4) is 0 Å². The highest BCUT2D eigenvalue weighted by Crippen LogP contribution is 2.04. The summed E-state index contributed by atoms with van der Waals surface area (Å²) in [5.74, 6) is -3.18. The van der Waals surface area contributed by atoms with E-state index in [1.807, 2.05) is 0 Å². The van der Waals surface area contributed by atoms with Crippen LogP contribution in [0.4, 0.5) is 0 Å². The highest BCUT2D eigenvalue weighted by molar-refractivity contribution is 5.80. The zero-order valence-electron chi connectivity index (χ0n) is 15.9. The first-order valence-electron chi connectivity index (χ1n) is 9.05. The minimum atomic E-state index is -1.22. The molecule has 0 aromatic carbocycles. The Labute approximate surface area is 158 Å². The van der Waals surface area contributed by atoms with E-state index in [0.717, 1.165) is 0 Å². The van der Waals surface area contributed by atoms with Gasteiger partial charge in [0.05, 0.1) is 26.1 Å². The number of carbonyl (C=O) groups is 4. The summed E-state index contributed by atoms with van der Waals surface area (Å²) in [7, 11) is 0. The Morgan fingerprint density at radius 3 is 2.07 bits per heavy atom. The normalized spacial score (nSPS) is 12.8. The Morgan fingerprint density at radius 1 is 0.889 bits per heavy atom. The third-order valence-electron chi connectivity index (χ3n) is 3.58. The molecule has 0 heterocycles. The summed E-state index contributed by atoms with van der Waals surface area (Å²) in [5.41, 5.74) is 0. The molecular weight excluding hydrogens is 360 g/mol. The second-order valence-corrected chi connectivity index (χ2v) is 5.75. The molecule has 0 aromatic rings. The van der Waals surface area contributed by atoms with Crippen LogP contribution in [0.1, 0.15) is 46.0 Å². The Hall–Kier alpha value is -2.20. The lowest BCUT2D eigenvalue weighted by Crippen LogP contribution is -2.40. The van der Waals surface area contributed by atoms with Gasteiger partial charge in [0.15, 0.2) is 0 Å². The Kier molecular flexibility index (Phi) is 13.7. The fourth-order valence-corrected chi connectivity index (χ4v) is 2.30. The number of carboxylic acids is 2. The number of rotatable bonds is 16. The van der Waals surface area contributed by atoms with Gasteiger partial charge in [-0.2, -0.15) is 0 Å². The van der Waals surface area contributed by atoms with Crippen molar-refractivity contribution in [2.75, 3.05) is 26.3 Å². The molecule has 0 saturated carbocycles. The summed E-state index contributed by atoms with van der Waals surface area (Å²) in [5, 5.41) is 23.3. The quantitative estimate of drug-likeness (QED) is 0.212. The van der Waals surface area contributed by atoms with Gasteiger partial charge < -0.3 is 30.3 Å². The van der Waals surface area contributed by atoms with Crippen LogP contribution in [0.2, 0.25) is 0 Å². The van der Waals surface area contributed by atoms with E-state index in [1.165, 1.54) is 0 Å². The number of esters is 2. The topological polar surface area (TPSA) is 151 Å². The number of hydrogen-bond donors (Lipinski definition) is 4. The number of carboxylic acid groups (broad SMARTS) is 2. The van der Waals surface area contributed by atoms with E-state index in [-0.39, 0.29) is 25.5 Å². The summed E-state index contributed by atoms with van der Waals surface area (Å²) < 4.78 is 9.82. The average Bonchev–Trinajstić information content (AvgIpc) is 2.58. The summed E-state index contributed by atoms with van der Waals surface area (Å²) in [4.78, 5) is 44.9. The maximum Gasteiger partial charge on any atom is 0.323 e. The minimum absolute atomic E-state index is 0.140. The molecule has 0 aliphatic carbocycles. The number of nitrogens with one attached hydrogen (secondary N) is 2. The van der Waals surface area contributed by atoms with Crippen LogP contribution in [0.5, 0.6) is 0 Å². The molecule has 0 radical (unpaired) electrons. The van der Waals surface area contributed by atoms with E-state index in [2.05, 4.69) is 10.6 Å². The van der Waals surface area contributed by atoms with E-state index in [4.69, 9.17) is 19.7 Å². The molecule has 0 aromatic heterocycles. The largest absolute Gasteiger partial charge is 0.481 e. The van der Waals surface area contributed by atoms with Gasteiger partial charge >= 0.3 is 23.9 Å². The van der Waals surface area contributed by atoms with Crippen molar-refractivity contribution in [2.45, 2.75) is 58.0 Å². The van der Waals surface area contributed by atoms with Crippen LogP contribution in [0.3, 0.4) is 0 Å². The van der Waals surface area contributed by atoms with Crippen molar-refractivity contribution >= 4 is 23.9 Å². The van der Waals surface area contributed by atoms with E-state index in [9.17, 15) is 19.2 Å². The lowest BCUT2D eigenvalue weighted by molar-refractivity contribution is -0.147. The first-order valence-corrected chi connectivity index (χ1v) is 9.05. The van der Waals surface area contributed by atoms with E-state index in [1.54, 1.807) is 13.8 Å². The van der Waals surface area contributed by atoms with Gasteiger partial charge in [-0.3, -0.25) is 19.2 Å². The summed E-state index contributed by atoms with van der Waals surface area (Å²) >= 11 is 0. The van der Waals surface area contributed by atoms with Gasteiger partial charge in [-0.1, -0.05) is 6.42 Å². The standard InChI is InChI=1S/C17H30N2O8/c1-3-26-15(22)8-10-19-12(17(25)27-4-2)7-5-6-9-18-13(16(23)24)11-14(20)21/h12-13,18-19H,3-11H2,1-2H3,(H,20,21)(H,23,24). The van der Waals surface area contributed by atoms with Gasteiger partial charge in [0.2, 0.25) is 0 Å². The third kappa shape index (κ3) is 12.7. The van der Waals surface area contributed by atoms with Crippen molar-refractivity contribution in [1.29, 1.82) is 0 Å². The van der Waals surface area contributed by atoms with Crippen molar-refractivity contribution < 1.29 is 38.9 Å². The SMILES string of the molecule is CCOC(=O)CCNC(CCCCNC(CC(=O)O)C(=O)O)C(=O)OCC. The van der Waals surface area contributed by atoms with Crippen LogP contribution in [0.15, 0.2) is 0 Å². The second-order valence-electron chi connectivity index (χ2n) is 5.75. The number of carbonyl (C=O) groups excluding carboxylic acids is 2. The van der Waals surface area contributed by atoms with Gasteiger partial charge in [0.25, 0.3) is 0 Å². The van der Waals surface area contributed by atoms with Gasteiger partial charge in [-0.05, 0) is 33.2 Å². The van der Waals surface area contributed by atoms with Crippen molar-refractivity contribution in [3.63, 3.8) is 0 Å². The summed E-state index contributed by atoms with van der Waals surface area (Å²) in [6.45, 7) is 4.54. The molecule has 2 unspecified atom stereocenters. The van der Waals surface area contributed by atoms with Crippen LogP contribution in [-0.2, 0) is 28.7 Å². The molecule has 10 heteroatoms. The molecule has 0 aliphatic rings. The fourth-order valence-electron chi connectivity index (χ4n) is 2.30. The molecular formula is C17H30N2O8. The predicted molar refractivity (Wildman–Crippen MR) is 95.2 cm³/mol. The van der Waals surface area contributed by atoms with Gasteiger partial charge in [-0.15, -0.1) is 0 Å². The maximum atomic E-state index is 12.0. The molecule has 0 spiro atoms. The Morgan fingerprint density at radius 2 is 1.52 bits per heavy atom. The van der Waals surface area contributed by atoms with Crippen LogP contribution < -0.4 is 10.6 Å². The monoisotopic (exact) mass is 390 g/mol. The van der Waals surface area contributed by atoms with E-state index < -0.39 is 36.4 Å². The molecule has 156 valence electrons. The highest BCUT2D eigenvalue weighted by atomic mass is 16.5. The van der Waals surface area contributed by atoms with Crippen LogP contribution >= 0.6 is 0 Å². The number of ether oxygens (including phenoxy) is 2. The van der Waals surface area contributed by atoms with Crippen molar-refractivity contribution in [3.05, 3.63) is 0 Å². The Bertz CT molecular complexity index is 484. The zero-order chi connectivity index (χ0) is 20.7. The summed E-state index contributed by atoms with van der Waals surface area (Å²) in [6.07, 6.45) is 1.22. The van der Waals surface area contributed by atoms with Crippen molar-refractivity contribution in [2.24, 2.45) is 0 Å². The van der Waals surface area contributed by atoms with Gasteiger partial charge in [0.1, 0.15) is 12.1 Å². The molecule has 0 fully saturated rings. The molecule has 4 N–H and O–H groups in total. The average molecular weight is 390 g/mol. The van der Waals surface area contributed by atoms with E-state index in [0.29, 0.717) is 32.4 Å². The number of hydrogen-bond acceptors (Lipinski definition) is 8. The number of unbranched alkanes of at least 4 members (excludes halogenated alkanes) is 1. The minimum Gasteiger partial charge on any atom is -0.481 e. The molecule has 0 amide bonds. The lowest BCUT2D eigenvalue weighted by Gasteiger charge is -2.17. The zero-order valence-corrected chi connectivity index (χ0v) is 15.9. The molecule has 10 nitrogen and oxygen atoms in total. The molecule has 0 bridgehead atoms. The van der Waals surface area contributed by atoms with Crippen molar-refractivity contribution in [1.82, 2.24) is 10.6 Å². The number of aliphatic carboxylic acids is 2. The first-order chi connectivity index (χ1) is 12.8. The highest BCUT2D eigenvalue weighted by Gasteiger charge is 2.21. The predicted octanol–water partition coefficient (Wildman–Crippen LogP) is 0.149. The molecule has 0 rings (SSSR count). The fraction of sp³-hybridized carbons (Fsp3) is 0.765. The maximum absolute atomic E-state index is 12.0. The van der Waals surface area contributed by atoms with Crippen LogP contribution in [0.25, 0.3) is 0 Å². The first kappa shape index (κ1) is 24.8. The molecule has 2 atom stereocenters. The Balaban J connectivity index is 4.27. The second kappa shape index (κ2) is 14.9. The van der Waals surface area contributed by atoms with Gasteiger partial charge in [0, 0.05) is 6.54 Å². The lowest BCUT2D eigenvalue weighted by atomic mass is 10.1. The van der Waals surface area contributed by atoms with Gasteiger partial charge in [-0.25, -0.2) is 0 Å². The summed E-state index contributed by atoms with van der Waals surface area (Å²) in [6, 6.07) is -1.72. The molecule has 0 aliphatic heterocycles.